The fourth-order valence-electron chi connectivity index (χ4n) is 2.24. The van der Waals surface area contributed by atoms with Gasteiger partial charge in [-0.25, -0.2) is 0 Å². The quantitative estimate of drug-likeness (QED) is 0.899. The van der Waals surface area contributed by atoms with E-state index in [1.807, 2.05) is 6.92 Å². The molecule has 94 valence electrons. The van der Waals surface area contributed by atoms with Crippen molar-refractivity contribution >= 4 is 17.3 Å². The minimum Gasteiger partial charge on any atom is -0.380 e. The zero-order valence-corrected chi connectivity index (χ0v) is 11.2. The Kier molecular flexibility index (Phi) is 3.54. The molecule has 0 saturated heterocycles. The molecule has 5 heteroatoms. The van der Waals surface area contributed by atoms with Crippen molar-refractivity contribution in [2.24, 2.45) is 5.41 Å². The Bertz CT molecular complexity index is 397. The molecule has 1 aliphatic rings. The molecule has 0 amide bonds. The Labute approximate surface area is 107 Å². The SMILES string of the molecule is CCOC1CC(Nc2cnnc(Cl)c2)C1(C)C. The largest absolute Gasteiger partial charge is 0.380 e. The van der Waals surface area contributed by atoms with Crippen molar-refractivity contribution in [1.82, 2.24) is 10.2 Å². The molecule has 2 atom stereocenters. The van der Waals surface area contributed by atoms with Gasteiger partial charge in [0.2, 0.25) is 0 Å². The number of ether oxygens (including phenoxy) is 1. The second-order valence-electron chi connectivity index (χ2n) is 4.96. The van der Waals surface area contributed by atoms with Crippen LogP contribution in [0.1, 0.15) is 27.2 Å². The van der Waals surface area contributed by atoms with Gasteiger partial charge < -0.3 is 10.1 Å². The lowest BCUT2D eigenvalue weighted by molar-refractivity contribution is -0.0976. The fourth-order valence-corrected chi connectivity index (χ4v) is 2.40. The first-order valence-electron chi connectivity index (χ1n) is 5.90. The van der Waals surface area contributed by atoms with Gasteiger partial charge in [-0.15, -0.1) is 5.10 Å². The number of nitrogens with one attached hydrogen (secondary N) is 1. The number of aromatic nitrogens is 2. The summed E-state index contributed by atoms with van der Waals surface area (Å²) in [7, 11) is 0. The first-order valence-corrected chi connectivity index (χ1v) is 6.28. The zero-order chi connectivity index (χ0) is 12.5. The molecule has 1 fully saturated rings. The van der Waals surface area contributed by atoms with E-state index in [9.17, 15) is 0 Å². The number of nitrogens with zero attached hydrogens (tertiary/aromatic N) is 2. The Morgan fingerprint density at radius 2 is 2.35 bits per heavy atom. The van der Waals surface area contributed by atoms with Crippen LogP contribution in [0.2, 0.25) is 5.15 Å². The average Bonchev–Trinajstić information content (AvgIpc) is 2.28. The Morgan fingerprint density at radius 3 is 2.94 bits per heavy atom. The lowest BCUT2D eigenvalue weighted by Gasteiger charge is -2.52. The minimum atomic E-state index is 0.131. The zero-order valence-electron chi connectivity index (χ0n) is 10.4. The molecule has 17 heavy (non-hydrogen) atoms. The van der Waals surface area contributed by atoms with Gasteiger partial charge >= 0.3 is 0 Å². The molecule has 1 N–H and O–H groups in total. The number of hydrogen-bond acceptors (Lipinski definition) is 4. The van der Waals surface area contributed by atoms with Crippen LogP contribution < -0.4 is 5.32 Å². The van der Waals surface area contributed by atoms with Gasteiger partial charge in [0, 0.05) is 24.1 Å². The summed E-state index contributed by atoms with van der Waals surface area (Å²) in [4.78, 5) is 0. The van der Waals surface area contributed by atoms with E-state index in [0.29, 0.717) is 17.3 Å². The molecule has 1 saturated carbocycles. The van der Waals surface area contributed by atoms with E-state index < -0.39 is 0 Å². The summed E-state index contributed by atoms with van der Waals surface area (Å²) in [6.45, 7) is 7.22. The van der Waals surface area contributed by atoms with Crippen LogP contribution in [0.3, 0.4) is 0 Å². The number of rotatable bonds is 4. The van der Waals surface area contributed by atoms with Crippen molar-refractivity contribution in [2.75, 3.05) is 11.9 Å². The third kappa shape index (κ3) is 2.53. The molecule has 1 aliphatic carbocycles. The highest BCUT2D eigenvalue weighted by atomic mass is 35.5. The van der Waals surface area contributed by atoms with E-state index >= 15 is 0 Å². The van der Waals surface area contributed by atoms with Gasteiger partial charge in [0.25, 0.3) is 0 Å². The number of halogens is 1. The molecule has 0 radical (unpaired) electrons. The van der Waals surface area contributed by atoms with Crippen LogP contribution in [0.5, 0.6) is 0 Å². The third-order valence-corrected chi connectivity index (χ3v) is 3.70. The van der Waals surface area contributed by atoms with Gasteiger partial charge in [0.05, 0.1) is 18.0 Å². The van der Waals surface area contributed by atoms with Crippen LogP contribution in [-0.2, 0) is 4.74 Å². The first-order chi connectivity index (χ1) is 8.04. The lowest BCUT2D eigenvalue weighted by Crippen LogP contribution is -2.58. The molecular weight excluding hydrogens is 238 g/mol. The van der Waals surface area contributed by atoms with Crippen LogP contribution in [0.15, 0.2) is 12.3 Å². The van der Waals surface area contributed by atoms with Gasteiger partial charge in [-0.1, -0.05) is 25.4 Å². The minimum absolute atomic E-state index is 0.131. The average molecular weight is 256 g/mol. The summed E-state index contributed by atoms with van der Waals surface area (Å²) in [5.41, 5.74) is 1.05. The van der Waals surface area contributed by atoms with E-state index in [1.165, 1.54) is 0 Å². The molecule has 2 unspecified atom stereocenters. The highest BCUT2D eigenvalue weighted by Gasteiger charge is 2.48. The van der Waals surface area contributed by atoms with Crippen LogP contribution in [0, 0.1) is 5.41 Å². The van der Waals surface area contributed by atoms with E-state index in [-0.39, 0.29) is 5.41 Å². The summed E-state index contributed by atoms with van der Waals surface area (Å²) in [6.07, 6.45) is 3.03. The normalized spacial score (nSPS) is 26.4. The molecule has 0 spiro atoms. The van der Waals surface area contributed by atoms with Crippen molar-refractivity contribution in [3.05, 3.63) is 17.4 Å². The molecule has 4 nitrogen and oxygen atoms in total. The van der Waals surface area contributed by atoms with Gasteiger partial charge in [0.15, 0.2) is 5.15 Å². The Morgan fingerprint density at radius 1 is 1.59 bits per heavy atom. The summed E-state index contributed by atoms with van der Waals surface area (Å²) in [5.74, 6) is 0. The highest BCUT2D eigenvalue weighted by Crippen LogP contribution is 2.44. The van der Waals surface area contributed by atoms with Crippen molar-refractivity contribution in [3.8, 4) is 0 Å². The van der Waals surface area contributed by atoms with Gasteiger partial charge in [0.1, 0.15) is 0 Å². The molecule has 0 aromatic carbocycles. The van der Waals surface area contributed by atoms with E-state index in [1.54, 1.807) is 12.3 Å². The number of anilines is 1. The van der Waals surface area contributed by atoms with Gasteiger partial charge in [-0.2, -0.15) is 5.10 Å². The summed E-state index contributed by atoms with van der Waals surface area (Å²) >= 11 is 5.80. The smallest absolute Gasteiger partial charge is 0.153 e. The summed E-state index contributed by atoms with van der Waals surface area (Å²) in [5, 5.41) is 11.4. The summed E-state index contributed by atoms with van der Waals surface area (Å²) < 4.78 is 5.69. The Balaban J connectivity index is 1.98. The lowest BCUT2D eigenvalue weighted by atomic mass is 9.64. The van der Waals surface area contributed by atoms with E-state index in [0.717, 1.165) is 18.7 Å². The molecule has 1 aromatic heterocycles. The topological polar surface area (TPSA) is 47.0 Å². The predicted octanol–water partition coefficient (Wildman–Crippen LogP) is 2.75. The van der Waals surface area contributed by atoms with Gasteiger partial charge in [-0.3, -0.25) is 0 Å². The monoisotopic (exact) mass is 255 g/mol. The van der Waals surface area contributed by atoms with Crippen LogP contribution in [0.4, 0.5) is 5.69 Å². The third-order valence-electron chi connectivity index (χ3n) is 3.51. The maximum absolute atomic E-state index is 5.80. The highest BCUT2D eigenvalue weighted by molar-refractivity contribution is 6.29. The second kappa shape index (κ2) is 4.78. The van der Waals surface area contributed by atoms with Crippen molar-refractivity contribution in [2.45, 2.75) is 39.3 Å². The Hall–Kier alpha value is -0.870. The number of hydrogen-bond donors (Lipinski definition) is 1. The van der Waals surface area contributed by atoms with E-state index in [2.05, 4.69) is 29.4 Å². The maximum atomic E-state index is 5.80. The molecule has 2 rings (SSSR count). The maximum Gasteiger partial charge on any atom is 0.153 e. The van der Waals surface area contributed by atoms with E-state index in [4.69, 9.17) is 16.3 Å². The van der Waals surface area contributed by atoms with Crippen LogP contribution in [0.25, 0.3) is 0 Å². The van der Waals surface area contributed by atoms with Crippen molar-refractivity contribution in [1.29, 1.82) is 0 Å². The van der Waals surface area contributed by atoms with Crippen molar-refractivity contribution in [3.63, 3.8) is 0 Å². The molecule has 1 heterocycles. The van der Waals surface area contributed by atoms with Crippen molar-refractivity contribution < 1.29 is 4.74 Å². The standard InChI is InChI=1S/C12H18ClN3O/c1-4-17-10-6-9(12(10,2)3)15-8-5-11(13)16-14-7-8/h5,7,9-10H,4,6H2,1-3H3,(H,15,16). The predicted molar refractivity (Wildman–Crippen MR) is 68.3 cm³/mol. The summed E-state index contributed by atoms with van der Waals surface area (Å²) in [6, 6.07) is 2.18. The molecule has 0 aliphatic heterocycles. The molecular formula is C12H18ClN3O. The fraction of sp³-hybridized carbons (Fsp3) is 0.667. The second-order valence-corrected chi connectivity index (χ2v) is 5.35. The van der Waals surface area contributed by atoms with Gasteiger partial charge in [-0.05, 0) is 13.3 Å². The van der Waals surface area contributed by atoms with Crippen LogP contribution in [-0.4, -0.2) is 29.0 Å². The van der Waals surface area contributed by atoms with Crippen LogP contribution >= 0.6 is 11.6 Å². The molecule has 0 bridgehead atoms. The molecule has 1 aromatic rings. The first kappa shape index (κ1) is 12.6.